The summed E-state index contributed by atoms with van der Waals surface area (Å²) < 4.78 is 5.49. The van der Waals surface area contributed by atoms with Crippen LogP contribution in [0.3, 0.4) is 0 Å². The Morgan fingerprint density at radius 1 is 1.38 bits per heavy atom. The zero-order valence-electron chi connectivity index (χ0n) is 12.4. The minimum absolute atomic E-state index is 0.0144. The molecule has 2 amide bonds. The molecule has 2 atom stereocenters. The Morgan fingerprint density at radius 3 is 2.71 bits per heavy atom. The van der Waals surface area contributed by atoms with Gasteiger partial charge in [-0.1, -0.05) is 0 Å². The molecular formula is C15H20N2O4. The molecule has 0 bridgehead atoms. The second-order valence-corrected chi connectivity index (χ2v) is 5.41. The second-order valence-electron chi connectivity index (χ2n) is 5.41. The molecule has 1 fully saturated rings. The molecule has 2 rings (SSSR count). The van der Waals surface area contributed by atoms with Crippen molar-refractivity contribution in [2.75, 3.05) is 18.5 Å². The fraction of sp³-hybridized carbons (Fsp3) is 0.467. The van der Waals surface area contributed by atoms with Gasteiger partial charge in [0.2, 0.25) is 0 Å². The molecule has 1 aromatic carbocycles. The van der Waals surface area contributed by atoms with Gasteiger partial charge in [0.25, 0.3) is 0 Å². The van der Waals surface area contributed by atoms with Crippen molar-refractivity contribution in [1.29, 1.82) is 0 Å². The number of hydrogen-bond acceptors (Lipinski definition) is 3. The quantitative estimate of drug-likeness (QED) is 0.877. The number of carboxylic acid groups (broad SMARTS) is 1. The zero-order chi connectivity index (χ0) is 15.6. The SMILES string of the molecule is Cc1cc(NC(=O)N2CC(C)OCC2C)ccc1C(=O)O. The van der Waals surface area contributed by atoms with Gasteiger partial charge in [0.05, 0.1) is 24.3 Å². The van der Waals surface area contributed by atoms with Crippen LogP contribution in [0.2, 0.25) is 0 Å². The third-order valence-corrected chi connectivity index (χ3v) is 3.58. The molecule has 6 nitrogen and oxygen atoms in total. The Hall–Kier alpha value is -2.08. The van der Waals surface area contributed by atoms with E-state index in [0.29, 0.717) is 24.4 Å². The van der Waals surface area contributed by atoms with Crippen molar-refractivity contribution in [3.8, 4) is 0 Å². The smallest absolute Gasteiger partial charge is 0.335 e. The van der Waals surface area contributed by atoms with E-state index in [2.05, 4.69) is 5.32 Å². The Bertz CT molecular complexity index is 559. The van der Waals surface area contributed by atoms with Gasteiger partial charge in [0, 0.05) is 12.2 Å². The maximum absolute atomic E-state index is 12.3. The summed E-state index contributed by atoms with van der Waals surface area (Å²) in [5.41, 5.74) is 1.44. The van der Waals surface area contributed by atoms with Gasteiger partial charge in [0.15, 0.2) is 0 Å². The molecule has 0 radical (unpaired) electrons. The van der Waals surface area contributed by atoms with Gasteiger partial charge < -0.3 is 20.1 Å². The van der Waals surface area contributed by atoms with E-state index < -0.39 is 5.97 Å². The number of nitrogens with one attached hydrogen (secondary N) is 1. The number of nitrogens with zero attached hydrogens (tertiary/aromatic N) is 1. The summed E-state index contributed by atoms with van der Waals surface area (Å²) in [4.78, 5) is 25.0. The van der Waals surface area contributed by atoms with Crippen LogP contribution in [0.15, 0.2) is 18.2 Å². The standard InChI is InChI=1S/C15H20N2O4/c1-9-6-12(4-5-13(9)14(18)19)16-15(20)17-7-11(3)21-8-10(17)2/h4-6,10-11H,7-8H2,1-3H3,(H,16,20)(H,18,19). The van der Waals surface area contributed by atoms with Crippen LogP contribution in [-0.2, 0) is 4.74 Å². The van der Waals surface area contributed by atoms with Crippen LogP contribution >= 0.6 is 0 Å². The first-order valence-electron chi connectivity index (χ1n) is 6.91. The fourth-order valence-electron chi connectivity index (χ4n) is 2.36. The predicted octanol–water partition coefficient (Wildman–Crippen LogP) is 2.33. The normalized spacial score (nSPS) is 22.0. The number of morpholine rings is 1. The summed E-state index contributed by atoms with van der Waals surface area (Å²) in [6.07, 6.45) is 0.0167. The van der Waals surface area contributed by atoms with Crippen LogP contribution in [0.1, 0.15) is 29.8 Å². The molecule has 0 aromatic heterocycles. The number of hydrogen-bond donors (Lipinski definition) is 2. The Morgan fingerprint density at radius 2 is 2.10 bits per heavy atom. The molecule has 1 aliphatic rings. The lowest BCUT2D eigenvalue weighted by molar-refractivity contribution is -0.0296. The maximum atomic E-state index is 12.3. The molecule has 0 spiro atoms. The highest BCUT2D eigenvalue weighted by molar-refractivity contribution is 5.93. The molecule has 1 aromatic rings. The molecule has 6 heteroatoms. The first-order valence-corrected chi connectivity index (χ1v) is 6.91. The first kappa shape index (κ1) is 15.3. The van der Waals surface area contributed by atoms with Crippen LogP contribution in [0.25, 0.3) is 0 Å². The van der Waals surface area contributed by atoms with E-state index in [1.807, 2.05) is 13.8 Å². The van der Waals surface area contributed by atoms with Crippen LogP contribution in [0.4, 0.5) is 10.5 Å². The molecule has 0 saturated carbocycles. The van der Waals surface area contributed by atoms with Crippen molar-refractivity contribution in [3.63, 3.8) is 0 Å². The molecule has 21 heavy (non-hydrogen) atoms. The number of benzene rings is 1. The number of urea groups is 1. The van der Waals surface area contributed by atoms with Crippen LogP contribution in [0, 0.1) is 6.92 Å². The van der Waals surface area contributed by atoms with Crippen LogP contribution < -0.4 is 5.32 Å². The monoisotopic (exact) mass is 292 g/mol. The lowest BCUT2D eigenvalue weighted by Crippen LogP contribution is -2.51. The van der Waals surface area contributed by atoms with Gasteiger partial charge in [0.1, 0.15) is 0 Å². The molecular weight excluding hydrogens is 272 g/mol. The summed E-state index contributed by atoms with van der Waals surface area (Å²) >= 11 is 0. The summed E-state index contributed by atoms with van der Waals surface area (Å²) in [6.45, 7) is 6.63. The fourth-order valence-corrected chi connectivity index (χ4v) is 2.36. The summed E-state index contributed by atoms with van der Waals surface area (Å²) in [7, 11) is 0. The van der Waals surface area contributed by atoms with Gasteiger partial charge in [-0.25, -0.2) is 9.59 Å². The van der Waals surface area contributed by atoms with E-state index in [4.69, 9.17) is 9.84 Å². The molecule has 0 aliphatic carbocycles. The third-order valence-electron chi connectivity index (χ3n) is 3.58. The van der Waals surface area contributed by atoms with Crippen molar-refractivity contribution in [1.82, 2.24) is 4.90 Å². The molecule has 114 valence electrons. The first-order chi connectivity index (χ1) is 9.88. The van der Waals surface area contributed by atoms with Crippen molar-refractivity contribution >= 4 is 17.7 Å². The van der Waals surface area contributed by atoms with Gasteiger partial charge in [-0.15, -0.1) is 0 Å². The Kier molecular flexibility index (Phi) is 4.47. The van der Waals surface area contributed by atoms with Gasteiger partial charge in [-0.05, 0) is 44.5 Å². The van der Waals surface area contributed by atoms with Gasteiger partial charge in [-0.3, -0.25) is 0 Å². The average molecular weight is 292 g/mol. The average Bonchev–Trinajstić information content (AvgIpc) is 2.41. The van der Waals surface area contributed by atoms with E-state index in [1.54, 1.807) is 24.0 Å². The summed E-state index contributed by atoms with van der Waals surface area (Å²) in [5, 5.41) is 11.8. The zero-order valence-corrected chi connectivity index (χ0v) is 12.4. The number of carbonyl (C=O) groups excluding carboxylic acids is 1. The highest BCUT2D eigenvalue weighted by Gasteiger charge is 2.27. The minimum atomic E-state index is -0.971. The number of anilines is 1. The van der Waals surface area contributed by atoms with Crippen molar-refractivity contribution in [2.45, 2.75) is 32.9 Å². The highest BCUT2D eigenvalue weighted by Crippen LogP contribution is 2.18. The second kappa shape index (κ2) is 6.13. The molecule has 1 saturated heterocycles. The largest absolute Gasteiger partial charge is 0.478 e. The number of amides is 2. The highest BCUT2D eigenvalue weighted by atomic mass is 16.5. The van der Waals surface area contributed by atoms with Crippen molar-refractivity contribution in [3.05, 3.63) is 29.3 Å². The minimum Gasteiger partial charge on any atom is -0.478 e. The number of aromatic carboxylic acids is 1. The van der Waals surface area contributed by atoms with Crippen LogP contribution in [0.5, 0.6) is 0 Å². The Balaban J connectivity index is 2.09. The van der Waals surface area contributed by atoms with E-state index in [-0.39, 0.29) is 23.7 Å². The van der Waals surface area contributed by atoms with Crippen molar-refractivity contribution < 1.29 is 19.4 Å². The van der Waals surface area contributed by atoms with Gasteiger partial charge in [-0.2, -0.15) is 0 Å². The number of carbonyl (C=O) groups is 2. The van der Waals surface area contributed by atoms with E-state index in [9.17, 15) is 9.59 Å². The topological polar surface area (TPSA) is 78.9 Å². The van der Waals surface area contributed by atoms with E-state index >= 15 is 0 Å². The molecule has 2 unspecified atom stereocenters. The number of ether oxygens (including phenoxy) is 1. The molecule has 2 N–H and O–H groups in total. The van der Waals surface area contributed by atoms with E-state index in [0.717, 1.165) is 0 Å². The van der Waals surface area contributed by atoms with Crippen molar-refractivity contribution in [2.24, 2.45) is 0 Å². The van der Waals surface area contributed by atoms with E-state index in [1.165, 1.54) is 6.07 Å². The Labute approximate surface area is 123 Å². The number of aryl methyl sites for hydroxylation is 1. The predicted molar refractivity (Wildman–Crippen MR) is 78.7 cm³/mol. The van der Waals surface area contributed by atoms with Gasteiger partial charge >= 0.3 is 12.0 Å². The summed E-state index contributed by atoms with van der Waals surface area (Å²) in [5.74, 6) is -0.971. The lowest BCUT2D eigenvalue weighted by atomic mass is 10.1. The summed E-state index contributed by atoms with van der Waals surface area (Å²) in [6, 6.07) is 4.58. The number of rotatable bonds is 2. The maximum Gasteiger partial charge on any atom is 0.335 e. The number of carboxylic acids is 1. The lowest BCUT2D eigenvalue weighted by Gasteiger charge is -2.36. The molecule has 1 heterocycles. The molecule has 1 aliphatic heterocycles. The third kappa shape index (κ3) is 3.52. The van der Waals surface area contributed by atoms with Crippen LogP contribution in [-0.4, -0.2) is 47.3 Å².